The van der Waals surface area contributed by atoms with E-state index < -0.39 is 197 Å². The van der Waals surface area contributed by atoms with Crippen molar-refractivity contribution >= 4 is 78.5 Å². The molecule has 3 aliphatic heterocycles. The average molecular weight is 1120 g/mol. The molecule has 39 nitrogen and oxygen atoms in total. The normalized spacial score (nSPS) is 34.5. The molecule has 3 saturated heterocycles. The molecule has 0 aliphatic carbocycles. The van der Waals surface area contributed by atoms with Crippen molar-refractivity contribution in [1.29, 1.82) is 0 Å². The molecule has 0 saturated carbocycles. The van der Waals surface area contributed by atoms with Gasteiger partial charge in [-0.2, -0.15) is 73.1 Å². The van der Waals surface area contributed by atoms with E-state index in [1.165, 1.54) is 14.2 Å². The number of aliphatic hydroxyl groups is 3. The summed E-state index contributed by atoms with van der Waals surface area (Å²) in [5.41, 5.74) is 0. The quantitative estimate of drug-likeness (QED) is 0.0315. The van der Waals surface area contributed by atoms with E-state index in [9.17, 15) is 107 Å². The third kappa shape index (κ3) is 19.2. The molecule has 3 aliphatic rings. The van der Waals surface area contributed by atoms with Crippen LogP contribution in [0.15, 0.2) is 0 Å². The van der Waals surface area contributed by atoms with E-state index >= 15 is 0 Å². The molecule has 3 rings (SSSR count). The summed E-state index contributed by atoms with van der Waals surface area (Å²) in [6.07, 6.45) is -35.8. The van der Waals surface area contributed by atoms with Gasteiger partial charge in [-0.3, -0.25) is 31.9 Å². The van der Waals surface area contributed by atoms with Gasteiger partial charge in [0.05, 0.1) is 19.8 Å². The van der Waals surface area contributed by atoms with E-state index in [4.69, 9.17) is 37.5 Å². The molecule has 0 aromatic carbocycles. The summed E-state index contributed by atoms with van der Waals surface area (Å²) in [5.74, 6) is -2.33. The standard InChI is InChI=1S/C20H37N3O36S7/c24-9-5(3-51-63(38,39)40)53-19(7(22-61(32,33)34)13(9)58-65(44,45)46)56-15-10(25)11(26)20(57-16(15)17(27)28)55-12-6(4-52-64(41,42)43)54-18(50-2-1-21-60(29,30)31)8(23-62(35,36)37)14(12)59-66(47,48)49/h5-16,18-26H,1-4H2,(H,27,28)(H,29,30,31)(H,32,33,34)(H,35,36,37)(H,38,39,40)(H,41,42,43)(H,44,45,46)(H,47,48,49)/t5-,6-,7-,8-,9-,10-,11-,12-,13-,14-,15+,16+,18+,19-,20-/m1/s1. The molecular formula is C20H37N3O36S7. The Morgan fingerprint density at radius 1 is 0.500 bits per heavy atom. The van der Waals surface area contributed by atoms with Crippen LogP contribution in [0.2, 0.25) is 0 Å². The second-order valence-corrected chi connectivity index (χ2v) is 20.8. The van der Waals surface area contributed by atoms with Crippen molar-refractivity contribution < 1.29 is 161 Å². The van der Waals surface area contributed by atoms with Crippen molar-refractivity contribution in [2.45, 2.75) is 92.0 Å². The lowest BCUT2D eigenvalue weighted by Gasteiger charge is -2.49. The molecule has 3 heterocycles. The molecule has 390 valence electrons. The Balaban J connectivity index is 2.13. The highest BCUT2D eigenvalue weighted by Gasteiger charge is 2.58. The van der Waals surface area contributed by atoms with Crippen LogP contribution in [0.4, 0.5) is 0 Å². The zero-order valence-corrected chi connectivity index (χ0v) is 37.2. The van der Waals surface area contributed by atoms with E-state index in [1.807, 2.05) is 0 Å². The molecule has 66 heavy (non-hydrogen) atoms. The Morgan fingerprint density at radius 2 is 0.955 bits per heavy atom. The molecule has 15 atom stereocenters. The molecule has 0 bridgehead atoms. The molecule has 0 amide bonds. The molecular weight excluding hydrogens is 1080 g/mol. The van der Waals surface area contributed by atoms with Crippen LogP contribution >= 0.6 is 0 Å². The molecule has 14 N–H and O–H groups in total. The minimum absolute atomic E-state index is 0.931. The minimum Gasteiger partial charge on any atom is -0.479 e. The van der Waals surface area contributed by atoms with Gasteiger partial charge in [-0.25, -0.2) is 21.5 Å². The number of carboxylic acids is 1. The van der Waals surface area contributed by atoms with Crippen LogP contribution in [0.1, 0.15) is 0 Å². The minimum atomic E-state index is -5.98. The predicted molar refractivity (Wildman–Crippen MR) is 192 cm³/mol. The lowest BCUT2D eigenvalue weighted by Crippen LogP contribution is -2.70. The van der Waals surface area contributed by atoms with Crippen LogP contribution in [-0.4, -0.2) is 236 Å². The van der Waals surface area contributed by atoms with Crippen molar-refractivity contribution in [3.05, 3.63) is 0 Å². The summed E-state index contributed by atoms with van der Waals surface area (Å²) in [6, 6.07) is -5.42. The van der Waals surface area contributed by atoms with Crippen molar-refractivity contribution in [3.8, 4) is 0 Å². The number of aliphatic hydroxyl groups excluding tert-OH is 3. The number of carboxylic acid groups (broad SMARTS) is 1. The summed E-state index contributed by atoms with van der Waals surface area (Å²) >= 11 is 0. The van der Waals surface area contributed by atoms with E-state index in [0.29, 0.717) is 0 Å². The highest BCUT2D eigenvalue weighted by atomic mass is 32.3. The Bertz CT molecular complexity index is 2490. The van der Waals surface area contributed by atoms with Crippen molar-refractivity contribution in [1.82, 2.24) is 14.2 Å². The fourth-order valence-corrected chi connectivity index (χ4v) is 9.04. The fourth-order valence-electron chi connectivity index (χ4n) is 5.88. The van der Waals surface area contributed by atoms with Crippen LogP contribution in [0.25, 0.3) is 0 Å². The first-order valence-corrected chi connectivity index (χ1v) is 26.3. The first-order chi connectivity index (χ1) is 29.6. The predicted octanol–water partition coefficient (Wildman–Crippen LogP) is -9.96. The summed E-state index contributed by atoms with van der Waals surface area (Å²) in [6.45, 7) is -5.20. The van der Waals surface area contributed by atoms with Gasteiger partial charge in [0, 0.05) is 6.54 Å². The van der Waals surface area contributed by atoms with Gasteiger partial charge in [-0.15, -0.1) is 0 Å². The lowest BCUT2D eigenvalue weighted by molar-refractivity contribution is -0.360. The maximum atomic E-state index is 12.6. The van der Waals surface area contributed by atoms with E-state index in [-0.39, 0.29) is 0 Å². The van der Waals surface area contributed by atoms with Crippen molar-refractivity contribution in [2.24, 2.45) is 0 Å². The van der Waals surface area contributed by atoms with Crippen molar-refractivity contribution in [2.75, 3.05) is 26.4 Å². The third-order valence-corrected chi connectivity index (χ3v) is 11.7. The van der Waals surface area contributed by atoms with E-state index in [0.717, 1.165) is 0 Å². The smallest absolute Gasteiger partial charge is 0.397 e. The van der Waals surface area contributed by atoms with Crippen molar-refractivity contribution in [3.63, 3.8) is 0 Å². The van der Waals surface area contributed by atoms with E-state index in [1.54, 1.807) is 0 Å². The average Bonchev–Trinajstić information content (AvgIpc) is 3.09. The Hall–Kier alpha value is -1.80. The summed E-state index contributed by atoms with van der Waals surface area (Å²) in [4.78, 5) is 12.6. The van der Waals surface area contributed by atoms with E-state index in [2.05, 4.69) is 16.7 Å². The Labute approximate surface area is 370 Å². The Morgan fingerprint density at radius 3 is 1.41 bits per heavy atom. The van der Waals surface area contributed by atoms with Crippen LogP contribution in [0.5, 0.6) is 0 Å². The molecule has 0 spiro atoms. The number of ether oxygens (including phenoxy) is 6. The van der Waals surface area contributed by atoms with Crippen LogP contribution in [0, 0.1) is 0 Å². The third-order valence-electron chi connectivity index (χ3n) is 8.16. The number of hydrogen-bond acceptors (Lipinski definition) is 28. The molecule has 3 fully saturated rings. The lowest BCUT2D eigenvalue weighted by atomic mass is 9.95. The topological polar surface area (TPSA) is 607 Å². The second kappa shape index (κ2) is 22.1. The van der Waals surface area contributed by atoms with Gasteiger partial charge in [0.2, 0.25) is 0 Å². The highest BCUT2D eigenvalue weighted by molar-refractivity contribution is 7.84. The van der Waals surface area contributed by atoms with Gasteiger partial charge in [0.15, 0.2) is 25.0 Å². The Kier molecular flexibility index (Phi) is 19.6. The highest BCUT2D eigenvalue weighted by Crippen LogP contribution is 2.35. The number of hydrogen-bond donors (Lipinski definition) is 14. The molecule has 46 heteroatoms. The number of aliphatic carboxylic acids is 1. The molecule has 0 unspecified atom stereocenters. The molecule has 0 aromatic rings. The van der Waals surface area contributed by atoms with Gasteiger partial charge >= 0.3 is 78.5 Å². The summed E-state index contributed by atoms with van der Waals surface area (Å²) in [7, 11) is -39.2. The SMILES string of the molecule is O=C(O)[C@H]1O[C@@H](O[C@H]2[C@H](OS(=O)(=O)O)[C@@H](NS(=O)(=O)O)[C@@H](OCCNS(=O)(=O)O)O[C@@H]2COS(=O)(=O)O)[C@H](O)[C@@H](O)[C@@H]1O[C@H]1O[C@H](COS(=O)(=O)O)[C@@H](O)[C@H](OS(=O)(=O)O)[C@H]1NS(=O)(=O)O. The first-order valence-electron chi connectivity index (χ1n) is 16.6. The number of carbonyl (C=O) groups is 1. The zero-order valence-electron chi connectivity index (χ0n) is 31.5. The monoisotopic (exact) mass is 1120 g/mol. The summed E-state index contributed by atoms with van der Waals surface area (Å²) in [5, 5.41) is 43.1. The fraction of sp³-hybridized carbons (Fsp3) is 0.950. The zero-order chi connectivity index (χ0) is 50.8. The maximum absolute atomic E-state index is 12.6. The van der Waals surface area contributed by atoms with Crippen LogP contribution < -0.4 is 14.2 Å². The summed E-state index contributed by atoms with van der Waals surface area (Å²) < 4.78 is 280. The van der Waals surface area contributed by atoms with Gasteiger partial charge in [-0.1, -0.05) is 0 Å². The van der Waals surface area contributed by atoms with Gasteiger partial charge < -0.3 is 48.8 Å². The molecule has 0 aromatic heterocycles. The van der Waals surface area contributed by atoms with Gasteiger partial charge in [-0.05, 0) is 0 Å². The number of rotatable bonds is 24. The second-order valence-electron chi connectivity index (χ2n) is 12.9. The number of nitrogens with one attached hydrogen (secondary N) is 3. The first kappa shape index (κ1) is 58.5. The maximum Gasteiger partial charge on any atom is 0.397 e. The van der Waals surface area contributed by atoms with Gasteiger partial charge in [0.1, 0.15) is 67.0 Å². The molecule has 0 radical (unpaired) electrons. The van der Waals surface area contributed by atoms with Crippen LogP contribution in [0.3, 0.4) is 0 Å². The van der Waals surface area contributed by atoms with Crippen LogP contribution in [-0.2, 0) is 122 Å². The largest absolute Gasteiger partial charge is 0.479 e. The van der Waals surface area contributed by atoms with Gasteiger partial charge in [0.25, 0.3) is 0 Å².